The molecule has 0 rings (SSSR count). The molecule has 0 aliphatic heterocycles. The molecule has 0 bridgehead atoms. The van der Waals surface area contributed by atoms with Crippen LogP contribution in [0.3, 0.4) is 0 Å². The van der Waals surface area contributed by atoms with Crippen molar-refractivity contribution in [3.63, 3.8) is 0 Å². The molecule has 0 aromatic heterocycles. The third-order valence-electron chi connectivity index (χ3n) is 1.13. The zero-order valence-corrected chi connectivity index (χ0v) is 6.03. The summed E-state index contributed by atoms with van der Waals surface area (Å²) in [5.41, 5.74) is 0. The number of hydrogen-bond donors (Lipinski definition) is 1. The topological polar surface area (TPSA) is 63.6 Å². The van der Waals surface area contributed by atoms with Crippen molar-refractivity contribution in [3.8, 4) is 0 Å². The van der Waals surface area contributed by atoms with Crippen molar-refractivity contribution in [2.45, 2.75) is 18.9 Å². The summed E-state index contributed by atoms with van der Waals surface area (Å²) in [6.45, 7) is 3.56. The quantitative estimate of drug-likeness (QED) is 0.453. The van der Waals surface area contributed by atoms with E-state index in [1.54, 1.807) is 6.08 Å². The lowest BCUT2D eigenvalue weighted by atomic mass is 10.2. The van der Waals surface area contributed by atoms with Gasteiger partial charge in [-0.15, -0.1) is 6.58 Å². The number of carbonyl (C=O) groups is 2. The van der Waals surface area contributed by atoms with Crippen LogP contribution in [0.5, 0.6) is 0 Å². The SMILES string of the molecule is C=CCCC(OC=O)C(=O)O. The molecule has 0 aliphatic carbocycles. The van der Waals surface area contributed by atoms with Gasteiger partial charge in [0, 0.05) is 0 Å². The first-order valence-electron chi connectivity index (χ1n) is 3.15. The summed E-state index contributed by atoms with van der Waals surface area (Å²) in [5, 5.41) is 8.41. The minimum Gasteiger partial charge on any atom is -0.479 e. The molecule has 0 spiro atoms. The minimum atomic E-state index is -1.13. The highest BCUT2D eigenvalue weighted by Crippen LogP contribution is 2.01. The highest BCUT2D eigenvalue weighted by molar-refractivity contribution is 5.73. The molecule has 62 valence electrons. The molecule has 0 heterocycles. The Hall–Kier alpha value is -1.32. The van der Waals surface area contributed by atoms with E-state index in [4.69, 9.17) is 5.11 Å². The maximum absolute atomic E-state index is 10.3. The lowest BCUT2D eigenvalue weighted by molar-refractivity contribution is -0.156. The van der Waals surface area contributed by atoms with E-state index in [0.29, 0.717) is 6.42 Å². The Kier molecular flexibility index (Phi) is 4.81. The molecule has 0 aliphatic rings. The van der Waals surface area contributed by atoms with Crippen LogP contribution in [0, 0.1) is 0 Å². The number of rotatable bonds is 6. The lowest BCUT2D eigenvalue weighted by Crippen LogP contribution is -2.22. The van der Waals surface area contributed by atoms with Gasteiger partial charge in [0.05, 0.1) is 0 Å². The second-order valence-corrected chi connectivity index (χ2v) is 1.93. The van der Waals surface area contributed by atoms with Crippen LogP contribution < -0.4 is 0 Å². The van der Waals surface area contributed by atoms with E-state index in [9.17, 15) is 9.59 Å². The van der Waals surface area contributed by atoms with Crippen molar-refractivity contribution in [3.05, 3.63) is 12.7 Å². The molecule has 0 amide bonds. The van der Waals surface area contributed by atoms with Crippen LogP contribution in [-0.4, -0.2) is 23.7 Å². The fourth-order valence-electron chi connectivity index (χ4n) is 0.586. The number of allylic oxidation sites excluding steroid dienone is 1. The van der Waals surface area contributed by atoms with Crippen molar-refractivity contribution in [2.24, 2.45) is 0 Å². The second-order valence-electron chi connectivity index (χ2n) is 1.93. The molecular weight excluding hydrogens is 148 g/mol. The summed E-state index contributed by atoms with van der Waals surface area (Å²) in [7, 11) is 0. The van der Waals surface area contributed by atoms with Gasteiger partial charge in [-0.25, -0.2) is 4.79 Å². The van der Waals surface area contributed by atoms with Gasteiger partial charge in [-0.2, -0.15) is 0 Å². The number of aliphatic carboxylic acids is 1. The van der Waals surface area contributed by atoms with Gasteiger partial charge in [-0.3, -0.25) is 4.79 Å². The maximum Gasteiger partial charge on any atom is 0.345 e. The fourth-order valence-corrected chi connectivity index (χ4v) is 0.586. The van der Waals surface area contributed by atoms with Crippen LogP contribution >= 0.6 is 0 Å². The molecule has 0 saturated heterocycles. The Morgan fingerprint density at radius 3 is 2.73 bits per heavy atom. The van der Waals surface area contributed by atoms with E-state index in [0.717, 1.165) is 0 Å². The predicted octanol–water partition coefficient (Wildman–Crippen LogP) is 0.579. The minimum absolute atomic E-state index is 0.141. The summed E-state index contributed by atoms with van der Waals surface area (Å²) in [6, 6.07) is 0. The number of carboxylic acids is 1. The van der Waals surface area contributed by atoms with Crippen molar-refractivity contribution in [2.75, 3.05) is 0 Å². The number of hydrogen-bond acceptors (Lipinski definition) is 3. The van der Waals surface area contributed by atoms with Crippen LogP contribution in [0.25, 0.3) is 0 Å². The third-order valence-corrected chi connectivity index (χ3v) is 1.13. The summed E-state index contributed by atoms with van der Waals surface area (Å²) in [6.07, 6.45) is 1.33. The summed E-state index contributed by atoms with van der Waals surface area (Å²) >= 11 is 0. The number of carboxylic acid groups (broad SMARTS) is 1. The molecule has 1 atom stereocenters. The average molecular weight is 158 g/mol. The van der Waals surface area contributed by atoms with Crippen molar-refractivity contribution in [1.29, 1.82) is 0 Å². The first-order chi connectivity index (χ1) is 5.22. The molecule has 0 radical (unpaired) electrons. The smallest absolute Gasteiger partial charge is 0.345 e. The van der Waals surface area contributed by atoms with Gasteiger partial charge < -0.3 is 9.84 Å². The molecule has 1 N–H and O–H groups in total. The maximum atomic E-state index is 10.3. The van der Waals surface area contributed by atoms with Crippen LogP contribution in [0.4, 0.5) is 0 Å². The van der Waals surface area contributed by atoms with Crippen LogP contribution in [0.1, 0.15) is 12.8 Å². The first-order valence-corrected chi connectivity index (χ1v) is 3.15. The van der Waals surface area contributed by atoms with Crippen molar-refractivity contribution >= 4 is 12.4 Å². The van der Waals surface area contributed by atoms with Crippen LogP contribution in [0.15, 0.2) is 12.7 Å². The van der Waals surface area contributed by atoms with Crippen LogP contribution in [-0.2, 0) is 14.3 Å². The molecule has 11 heavy (non-hydrogen) atoms. The Morgan fingerprint density at radius 1 is 1.73 bits per heavy atom. The standard InChI is InChI=1S/C7H10O4/c1-2-3-4-6(7(9)10)11-5-8/h2,5-6H,1,3-4H2,(H,9,10). The average Bonchev–Trinajstić information content (AvgIpc) is 1.97. The third kappa shape index (κ3) is 4.13. The first kappa shape index (κ1) is 9.68. The molecule has 0 aromatic rings. The zero-order valence-electron chi connectivity index (χ0n) is 6.03. The van der Waals surface area contributed by atoms with E-state index < -0.39 is 12.1 Å². The second kappa shape index (κ2) is 5.46. The summed E-state index contributed by atoms with van der Waals surface area (Å²) < 4.78 is 4.28. The molecule has 4 nitrogen and oxygen atoms in total. The zero-order chi connectivity index (χ0) is 8.69. The van der Waals surface area contributed by atoms with Gasteiger partial charge in [0.15, 0.2) is 6.10 Å². The van der Waals surface area contributed by atoms with Gasteiger partial charge in [0.2, 0.25) is 0 Å². The molecule has 0 saturated carbocycles. The normalized spacial score (nSPS) is 11.6. The van der Waals surface area contributed by atoms with E-state index in [2.05, 4.69) is 11.3 Å². The fraction of sp³-hybridized carbons (Fsp3) is 0.429. The van der Waals surface area contributed by atoms with Gasteiger partial charge >= 0.3 is 5.97 Å². The lowest BCUT2D eigenvalue weighted by Gasteiger charge is -2.07. The van der Waals surface area contributed by atoms with Gasteiger partial charge in [-0.1, -0.05) is 6.08 Å². The number of ether oxygens (including phenoxy) is 1. The van der Waals surface area contributed by atoms with E-state index in [1.165, 1.54) is 0 Å². The molecule has 0 fully saturated rings. The molecule has 0 aromatic carbocycles. The van der Waals surface area contributed by atoms with E-state index in [-0.39, 0.29) is 12.9 Å². The summed E-state index contributed by atoms with van der Waals surface area (Å²) in [4.78, 5) is 20.0. The monoisotopic (exact) mass is 158 g/mol. The molecule has 4 heteroatoms. The Morgan fingerprint density at radius 2 is 2.36 bits per heavy atom. The number of carbonyl (C=O) groups excluding carboxylic acids is 1. The van der Waals surface area contributed by atoms with Crippen molar-refractivity contribution in [1.82, 2.24) is 0 Å². The predicted molar refractivity (Wildman–Crippen MR) is 38.0 cm³/mol. The Balaban J connectivity index is 3.77. The Bertz CT molecular complexity index is 153. The van der Waals surface area contributed by atoms with E-state index in [1.807, 2.05) is 0 Å². The van der Waals surface area contributed by atoms with Gasteiger partial charge in [-0.05, 0) is 12.8 Å². The highest BCUT2D eigenvalue weighted by Gasteiger charge is 2.16. The van der Waals surface area contributed by atoms with Crippen molar-refractivity contribution < 1.29 is 19.4 Å². The van der Waals surface area contributed by atoms with Gasteiger partial charge in [0.1, 0.15) is 0 Å². The Labute approximate surface area is 64.5 Å². The largest absolute Gasteiger partial charge is 0.479 e. The highest BCUT2D eigenvalue weighted by atomic mass is 16.5. The molecule has 1 unspecified atom stereocenters. The molecular formula is C7H10O4. The summed E-state index contributed by atoms with van der Waals surface area (Å²) in [5.74, 6) is -1.13. The van der Waals surface area contributed by atoms with Crippen LogP contribution in [0.2, 0.25) is 0 Å². The van der Waals surface area contributed by atoms with Gasteiger partial charge in [0.25, 0.3) is 6.47 Å². The van der Waals surface area contributed by atoms with E-state index >= 15 is 0 Å².